The number of carboxylic acids is 2. The van der Waals surface area contributed by atoms with Gasteiger partial charge in [-0.25, -0.2) is 0 Å². The van der Waals surface area contributed by atoms with Gasteiger partial charge in [0.15, 0.2) is 0 Å². The summed E-state index contributed by atoms with van der Waals surface area (Å²) >= 11 is 0. The molecule has 0 bridgehead atoms. The van der Waals surface area contributed by atoms with Gasteiger partial charge in [-0.15, -0.1) is 0 Å². The number of hydrogen-bond acceptors (Lipinski definition) is 10. The molecule has 0 unspecified atom stereocenters. The molecule has 0 saturated heterocycles. The third-order valence-electron chi connectivity index (χ3n) is 10.1. The summed E-state index contributed by atoms with van der Waals surface area (Å²) in [6, 6.07) is 25.1. The predicted octanol–water partition coefficient (Wildman–Crippen LogP) is 1.99. The summed E-state index contributed by atoms with van der Waals surface area (Å²) in [6.45, 7) is 0.762. The van der Waals surface area contributed by atoms with Gasteiger partial charge in [-0.1, -0.05) is 36.4 Å². The topological polar surface area (TPSA) is 247 Å². The Labute approximate surface area is 351 Å². The zero-order chi connectivity index (χ0) is 38.5. The quantitative estimate of drug-likeness (QED) is 0.155. The molecule has 2 aromatic carbocycles. The van der Waals surface area contributed by atoms with Crippen LogP contribution in [0.1, 0.15) is 92.8 Å². The van der Waals surface area contributed by atoms with Gasteiger partial charge in [0.2, 0.25) is 0 Å². The largest absolute Gasteiger partial charge is 2.00 e. The third-order valence-corrected chi connectivity index (χ3v) is 10.1. The Morgan fingerprint density at radius 3 is 0.930 bits per heavy atom. The fourth-order valence-corrected chi connectivity index (χ4v) is 7.11. The van der Waals surface area contributed by atoms with Crippen LogP contribution in [0, 0.1) is 23.7 Å². The van der Waals surface area contributed by atoms with E-state index in [0.717, 1.165) is 0 Å². The number of hydrogen-bond donors (Lipinski definition) is 0. The van der Waals surface area contributed by atoms with Crippen molar-refractivity contribution in [2.45, 2.75) is 51.4 Å². The Bertz CT molecular complexity index is 1660. The van der Waals surface area contributed by atoms with Crippen molar-refractivity contribution >= 4 is 35.6 Å². The molecule has 15 heteroatoms. The normalized spacial score (nSPS) is 20.1. The van der Waals surface area contributed by atoms with E-state index < -0.39 is 11.9 Å². The van der Waals surface area contributed by atoms with Crippen molar-refractivity contribution < 1.29 is 77.2 Å². The molecule has 57 heavy (non-hydrogen) atoms. The van der Waals surface area contributed by atoms with E-state index >= 15 is 0 Å². The van der Waals surface area contributed by atoms with Gasteiger partial charge < -0.3 is 30.8 Å². The maximum Gasteiger partial charge on any atom is 2.00 e. The first-order valence-electron chi connectivity index (χ1n) is 18.2. The molecule has 296 valence electrons. The number of aromatic nitrogens is 2. The van der Waals surface area contributed by atoms with Crippen LogP contribution < -0.4 is 10.2 Å². The van der Waals surface area contributed by atoms with Gasteiger partial charge in [0.25, 0.3) is 23.6 Å². The number of pyridine rings is 2. The summed E-state index contributed by atoms with van der Waals surface area (Å²) < 4.78 is 0. The molecule has 4 heterocycles. The summed E-state index contributed by atoms with van der Waals surface area (Å²) in [6.07, 6.45) is 12.1. The number of carbonyl (C=O) groups excluding carboxylic acids is 6. The van der Waals surface area contributed by atoms with Crippen molar-refractivity contribution in [1.82, 2.24) is 19.8 Å². The van der Waals surface area contributed by atoms with Crippen LogP contribution in [0.15, 0.2) is 110 Å². The minimum atomic E-state index is -0.991. The van der Waals surface area contributed by atoms with Gasteiger partial charge in [0, 0.05) is 49.8 Å². The van der Waals surface area contributed by atoms with Crippen molar-refractivity contribution in [3.8, 4) is 0 Å². The molecule has 6 N–H and O–H groups in total. The molecule has 2 aromatic heterocycles. The molecule has 4 amide bonds. The molecule has 14 nitrogen and oxygen atoms in total. The maximum absolute atomic E-state index is 12.3. The van der Waals surface area contributed by atoms with Gasteiger partial charge in [-0.05, 0) is 124 Å². The Balaban J connectivity index is 0.000000293. The Morgan fingerprint density at radius 1 is 0.474 bits per heavy atom. The minimum Gasteiger partial charge on any atom is -0.550 e. The fourth-order valence-electron chi connectivity index (χ4n) is 7.11. The molecular weight excluding hydrogens is 833 g/mol. The molecule has 8 rings (SSSR count). The van der Waals surface area contributed by atoms with E-state index in [9.17, 15) is 39.0 Å². The standard InChI is InChI=1S/2C16H17NO4.2C5H5N.Cd.2H2O/c2*18-14-12-3-1-2-4-13(12)15(19)17(14)9-10-5-7-11(8-6-10)16(20)21;2*1-2-4-6-5-3-1;;;/h2*1-4,10-11H,5-9H2,(H,20,21);2*1-5H;;2*1H2/q;;;;+2;;. The number of amides is 4. The molecule has 4 aromatic rings. The third kappa shape index (κ3) is 12.9. The molecule has 0 spiro atoms. The summed E-state index contributed by atoms with van der Waals surface area (Å²) in [5.41, 5.74) is 1.86. The molecule has 2 aliphatic carbocycles. The molecular formula is C42H48CdN4O10+2. The van der Waals surface area contributed by atoms with Crippen molar-refractivity contribution in [2.75, 3.05) is 13.1 Å². The van der Waals surface area contributed by atoms with E-state index in [-0.39, 0.29) is 85.6 Å². The van der Waals surface area contributed by atoms with Crippen molar-refractivity contribution in [3.63, 3.8) is 0 Å². The van der Waals surface area contributed by atoms with Crippen molar-refractivity contribution in [2.24, 2.45) is 23.7 Å². The van der Waals surface area contributed by atoms with E-state index in [2.05, 4.69) is 9.97 Å². The molecule has 4 aliphatic rings. The number of imide groups is 2. The van der Waals surface area contributed by atoms with Gasteiger partial charge >= 0.3 is 27.3 Å². The van der Waals surface area contributed by atoms with E-state index in [1.165, 1.54) is 9.80 Å². The van der Waals surface area contributed by atoms with E-state index in [4.69, 9.17) is 0 Å². The molecule has 0 radical (unpaired) electrons. The van der Waals surface area contributed by atoms with Crippen LogP contribution in [-0.2, 0) is 47.8 Å². The van der Waals surface area contributed by atoms with Crippen LogP contribution in [0.2, 0.25) is 0 Å². The van der Waals surface area contributed by atoms with Gasteiger partial charge in [-0.3, -0.25) is 38.9 Å². The van der Waals surface area contributed by atoms with Crippen molar-refractivity contribution in [1.29, 1.82) is 0 Å². The number of nitrogens with zero attached hydrogens (tertiary/aromatic N) is 4. The fraction of sp³-hybridized carbons (Fsp3) is 0.333. The van der Waals surface area contributed by atoms with Gasteiger partial charge in [-0.2, -0.15) is 0 Å². The average molecular weight is 881 g/mol. The Hall–Kier alpha value is -5.20. The molecule has 2 saturated carbocycles. The summed E-state index contributed by atoms with van der Waals surface area (Å²) in [5, 5.41) is 21.7. The zero-order valence-corrected chi connectivity index (χ0v) is 35.7. The molecule has 0 atom stereocenters. The first kappa shape index (κ1) is 48.0. The van der Waals surface area contributed by atoms with Crippen LogP contribution in [0.5, 0.6) is 0 Å². The minimum absolute atomic E-state index is 0. The SMILES string of the molecule is O=C([O-])C1CCC(CN2C(=O)c3ccccc3C2=O)CC1.O=C([O-])C1CCC(CN2C(=O)c3ccccc3C2=O)CC1.[Cd+2].[OH3+].[OH3+].c1ccncc1.c1ccncc1. The van der Waals surface area contributed by atoms with Crippen molar-refractivity contribution in [3.05, 3.63) is 132 Å². The first-order valence-corrected chi connectivity index (χ1v) is 18.2. The number of aliphatic carboxylic acids is 2. The van der Waals surface area contributed by atoms with Crippen LogP contribution in [0.4, 0.5) is 0 Å². The monoisotopic (exact) mass is 882 g/mol. The second kappa shape index (κ2) is 23.8. The first-order chi connectivity index (χ1) is 26.2. The van der Waals surface area contributed by atoms with E-state index in [1.807, 2.05) is 36.4 Å². The van der Waals surface area contributed by atoms with E-state index in [0.29, 0.717) is 86.7 Å². The number of carboxylic acid groups (broad SMARTS) is 2. The number of benzene rings is 2. The second-order valence-corrected chi connectivity index (χ2v) is 13.7. The Morgan fingerprint density at radius 2 is 0.737 bits per heavy atom. The smallest absolute Gasteiger partial charge is 0.550 e. The van der Waals surface area contributed by atoms with Crippen LogP contribution in [-0.4, -0.2) is 68.4 Å². The van der Waals surface area contributed by atoms with Crippen LogP contribution in [0.25, 0.3) is 0 Å². The maximum atomic E-state index is 12.3. The predicted molar refractivity (Wildman–Crippen MR) is 203 cm³/mol. The number of fused-ring (bicyclic) bond motifs is 2. The van der Waals surface area contributed by atoms with E-state index in [1.54, 1.807) is 73.3 Å². The van der Waals surface area contributed by atoms with Gasteiger partial charge in [0.1, 0.15) is 0 Å². The molecule has 2 aliphatic heterocycles. The average Bonchev–Trinajstić information content (AvgIpc) is 3.60. The summed E-state index contributed by atoms with van der Waals surface area (Å²) in [5.74, 6) is -3.34. The summed E-state index contributed by atoms with van der Waals surface area (Å²) in [7, 11) is 0. The Kier molecular flexibility index (Phi) is 20.0. The number of rotatable bonds is 6. The second-order valence-electron chi connectivity index (χ2n) is 13.7. The molecule has 2 fully saturated rings. The summed E-state index contributed by atoms with van der Waals surface area (Å²) in [4.78, 5) is 80.8. The number of carbonyl (C=O) groups is 6. The van der Waals surface area contributed by atoms with Crippen LogP contribution >= 0.6 is 0 Å². The van der Waals surface area contributed by atoms with Gasteiger partial charge in [0.05, 0.1) is 22.3 Å². The van der Waals surface area contributed by atoms with Crippen LogP contribution in [0.3, 0.4) is 0 Å². The zero-order valence-electron chi connectivity index (χ0n) is 31.7.